The Morgan fingerprint density at radius 2 is 1.74 bits per heavy atom. The van der Waals surface area contributed by atoms with Crippen molar-refractivity contribution in [2.45, 2.75) is 0 Å². The van der Waals surface area contributed by atoms with Gasteiger partial charge in [0.15, 0.2) is 0 Å². The molecule has 1 N–H and O–H groups in total. The molecule has 0 amide bonds. The maximum Gasteiger partial charge on any atom is 0.133 e. The summed E-state index contributed by atoms with van der Waals surface area (Å²) in [6, 6.07) is 25.2. The molecule has 0 saturated carbocycles. The Morgan fingerprint density at radius 3 is 2.53 bits per heavy atom. The molecule has 5 aromatic rings. The molecule has 0 spiro atoms. The number of benzene rings is 2. The number of fused-ring (bicyclic) bond motifs is 1. The lowest BCUT2D eigenvalue weighted by Gasteiger charge is -2.19. The Balaban J connectivity index is 1.52. The van der Waals surface area contributed by atoms with Crippen LogP contribution in [0.4, 0.5) is 22.9 Å². The van der Waals surface area contributed by atoms with Gasteiger partial charge in [-0.2, -0.15) is 5.26 Å². The summed E-state index contributed by atoms with van der Waals surface area (Å²) < 4.78 is 5.96. The van der Waals surface area contributed by atoms with Crippen molar-refractivity contribution >= 4 is 33.8 Å². The summed E-state index contributed by atoms with van der Waals surface area (Å²) in [5.41, 5.74) is 3.47. The molecule has 0 radical (unpaired) electrons. The second kappa shape index (κ2) is 9.27. The smallest absolute Gasteiger partial charge is 0.133 e. The summed E-state index contributed by atoms with van der Waals surface area (Å²) in [6.07, 6.45) is 6.76. The highest BCUT2D eigenvalue weighted by molar-refractivity contribution is 5.97. The molecular formula is C27H20N6O. The van der Waals surface area contributed by atoms with Crippen LogP contribution in [0.2, 0.25) is 0 Å². The van der Waals surface area contributed by atoms with Crippen LogP contribution in [0.5, 0.6) is 11.5 Å². The van der Waals surface area contributed by atoms with E-state index < -0.39 is 0 Å². The molecule has 0 atom stereocenters. The number of hydrogen-bond donors (Lipinski definition) is 1. The van der Waals surface area contributed by atoms with Gasteiger partial charge in [-0.05, 0) is 42.5 Å². The van der Waals surface area contributed by atoms with E-state index in [-0.39, 0.29) is 0 Å². The van der Waals surface area contributed by atoms with E-state index >= 15 is 0 Å². The summed E-state index contributed by atoms with van der Waals surface area (Å²) in [7, 11) is 1.92. The van der Waals surface area contributed by atoms with Gasteiger partial charge < -0.3 is 15.0 Å². The van der Waals surface area contributed by atoms with Crippen molar-refractivity contribution in [3.05, 3.63) is 103 Å². The molecular weight excluding hydrogens is 424 g/mol. The number of rotatable bonds is 6. The highest BCUT2D eigenvalue weighted by Crippen LogP contribution is 2.33. The summed E-state index contributed by atoms with van der Waals surface area (Å²) in [4.78, 5) is 15.1. The van der Waals surface area contributed by atoms with E-state index in [4.69, 9.17) is 4.74 Å². The van der Waals surface area contributed by atoms with Gasteiger partial charge >= 0.3 is 0 Å². The second-order valence-corrected chi connectivity index (χ2v) is 7.56. The van der Waals surface area contributed by atoms with Gasteiger partial charge in [-0.3, -0.25) is 9.97 Å². The van der Waals surface area contributed by atoms with Crippen molar-refractivity contribution in [3.63, 3.8) is 0 Å². The Bertz CT molecular complexity index is 1480. The van der Waals surface area contributed by atoms with Gasteiger partial charge in [0.2, 0.25) is 0 Å². The molecule has 3 heterocycles. The van der Waals surface area contributed by atoms with Gasteiger partial charge in [-0.25, -0.2) is 4.98 Å². The number of ether oxygens (including phenoxy) is 1. The van der Waals surface area contributed by atoms with E-state index in [1.807, 2.05) is 84.7 Å². The van der Waals surface area contributed by atoms with Gasteiger partial charge in [0.05, 0.1) is 34.8 Å². The summed E-state index contributed by atoms with van der Waals surface area (Å²) in [5, 5.41) is 14.0. The molecule has 0 fully saturated rings. The van der Waals surface area contributed by atoms with Gasteiger partial charge in [0.25, 0.3) is 0 Å². The maximum absolute atomic E-state index is 9.77. The quantitative estimate of drug-likeness (QED) is 0.334. The van der Waals surface area contributed by atoms with Crippen LogP contribution in [0.1, 0.15) is 5.56 Å². The third-order valence-corrected chi connectivity index (χ3v) is 5.32. The Morgan fingerprint density at radius 1 is 0.882 bits per heavy atom. The number of pyridine rings is 3. The molecule has 0 aliphatic heterocycles. The summed E-state index contributed by atoms with van der Waals surface area (Å²) in [5.74, 6) is 2.15. The third kappa shape index (κ3) is 4.33. The van der Waals surface area contributed by atoms with Crippen LogP contribution in [0.15, 0.2) is 97.6 Å². The fourth-order valence-electron chi connectivity index (χ4n) is 3.58. The second-order valence-electron chi connectivity index (χ2n) is 7.56. The van der Waals surface area contributed by atoms with Crippen LogP contribution in [0.3, 0.4) is 0 Å². The molecule has 2 aromatic carbocycles. The van der Waals surface area contributed by atoms with Crippen LogP contribution in [-0.4, -0.2) is 22.0 Å². The highest BCUT2D eigenvalue weighted by Gasteiger charge is 2.14. The Kier molecular flexibility index (Phi) is 5.70. The van der Waals surface area contributed by atoms with E-state index in [0.29, 0.717) is 28.3 Å². The van der Waals surface area contributed by atoms with Crippen molar-refractivity contribution in [1.29, 1.82) is 5.26 Å². The average Bonchev–Trinajstić information content (AvgIpc) is 2.89. The molecule has 0 aliphatic rings. The van der Waals surface area contributed by atoms with Crippen LogP contribution in [0.25, 0.3) is 10.9 Å². The van der Waals surface area contributed by atoms with E-state index in [0.717, 1.165) is 22.5 Å². The lowest BCUT2D eigenvalue weighted by molar-refractivity contribution is 0.483. The molecule has 7 nitrogen and oxygen atoms in total. The zero-order valence-electron chi connectivity index (χ0n) is 18.4. The molecule has 34 heavy (non-hydrogen) atoms. The zero-order chi connectivity index (χ0) is 23.3. The maximum atomic E-state index is 9.77. The lowest BCUT2D eigenvalue weighted by atomic mass is 10.1. The molecule has 0 saturated heterocycles. The normalized spacial score (nSPS) is 10.5. The fraction of sp³-hybridized carbons (Fsp3) is 0.0370. The van der Waals surface area contributed by atoms with E-state index in [9.17, 15) is 5.26 Å². The van der Waals surface area contributed by atoms with Crippen molar-refractivity contribution in [2.75, 3.05) is 17.3 Å². The largest absolute Gasteiger partial charge is 0.457 e. The first-order chi connectivity index (χ1) is 16.7. The Labute approximate surface area is 196 Å². The molecule has 5 rings (SSSR count). The van der Waals surface area contributed by atoms with Crippen LogP contribution < -0.4 is 15.0 Å². The van der Waals surface area contributed by atoms with Crippen LogP contribution >= 0.6 is 0 Å². The molecule has 3 aromatic heterocycles. The van der Waals surface area contributed by atoms with Crippen molar-refractivity contribution in [2.24, 2.45) is 0 Å². The molecule has 164 valence electrons. The standard InChI is InChI=1S/C27H20N6O/c1-33(21-8-6-12-29-17-21)26-14-24-25(18-31-26)30-16-19(15-28)27(24)32-20-7-5-11-23(13-20)34-22-9-3-2-4-10-22/h2-14,16-18H,1H3,(H,30,32). The Hall–Kier alpha value is -4.96. The number of aromatic nitrogens is 3. The van der Waals surface area contributed by atoms with Crippen molar-refractivity contribution in [3.8, 4) is 17.6 Å². The first-order valence-corrected chi connectivity index (χ1v) is 10.6. The molecule has 7 heteroatoms. The van der Waals surface area contributed by atoms with E-state index in [1.165, 1.54) is 0 Å². The SMILES string of the molecule is CN(c1cccnc1)c1cc2c(Nc3cccc(Oc4ccccc4)c3)c(C#N)cnc2cn1. The van der Waals surface area contributed by atoms with Crippen molar-refractivity contribution in [1.82, 2.24) is 15.0 Å². The minimum absolute atomic E-state index is 0.433. The fourth-order valence-corrected chi connectivity index (χ4v) is 3.58. The summed E-state index contributed by atoms with van der Waals surface area (Å²) in [6.45, 7) is 0. The van der Waals surface area contributed by atoms with Crippen LogP contribution in [-0.2, 0) is 0 Å². The van der Waals surface area contributed by atoms with E-state index in [2.05, 4.69) is 26.3 Å². The average molecular weight is 444 g/mol. The van der Waals surface area contributed by atoms with E-state index in [1.54, 1.807) is 24.8 Å². The van der Waals surface area contributed by atoms with Gasteiger partial charge in [0.1, 0.15) is 23.4 Å². The lowest BCUT2D eigenvalue weighted by Crippen LogP contribution is -2.11. The summed E-state index contributed by atoms with van der Waals surface area (Å²) >= 11 is 0. The predicted molar refractivity (Wildman–Crippen MR) is 133 cm³/mol. The van der Waals surface area contributed by atoms with Gasteiger partial charge in [0, 0.05) is 36.6 Å². The highest BCUT2D eigenvalue weighted by atomic mass is 16.5. The van der Waals surface area contributed by atoms with Crippen LogP contribution in [0, 0.1) is 11.3 Å². The van der Waals surface area contributed by atoms with Gasteiger partial charge in [-0.1, -0.05) is 24.3 Å². The molecule has 0 aliphatic carbocycles. The third-order valence-electron chi connectivity index (χ3n) is 5.32. The zero-order valence-corrected chi connectivity index (χ0v) is 18.4. The van der Waals surface area contributed by atoms with Gasteiger partial charge in [-0.15, -0.1) is 0 Å². The molecule has 0 bridgehead atoms. The number of nitrogens with one attached hydrogen (secondary N) is 1. The number of nitrogens with zero attached hydrogens (tertiary/aromatic N) is 5. The number of hydrogen-bond acceptors (Lipinski definition) is 7. The topological polar surface area (TPSA) is 87.0 Å². The minimum atomic E-state index is 0.433. The number of nitriles is 1. The molecule has 0 unspecified atom stereocenters. The number of anilines is 4. The first kappa shape index (κ1) is 20.9. The first-order valence-electron chi connectivity index (χ1n) is 10.6. The monoisotopic (exact) mass is 444 g/mol. The number of para-hydroxylation sites is 1. The minimum Gasteiger partial charge on any atom is -0.457 e. The predicted octanol–water partition coefficient (Wildman–Crippen LogP) is 6.20. The van der Waals surface area contributed by atoms with Crippen molar-refractivity contribution < 1.29 is 4.74 Å².